The summed E-state index contributed by atoms with van der Waals surface area (Å²) in [5.41, 5.74) is 6.55. The molecule has 0 bridgehead atoms. The molecule has 2 N–H and O–H groups in total. The summed E-state index contributed by atoms with van der Waals surface area (Å²) in [6, 6.07) is 18.2. The van der Waals surface area contributed by atoms with Crippen molar-refractivity contribution in [3.8, 4) is 23.0 Å². The van der Waals surface area contributed by atoms with Crippen molar-refractivity contribution in [2.24, 2.45) is 0 Å². The van der Waals surface area contributed by atoms with E-state index in [2.05, 4.69) is 51.4 Å². The lowest BCUT2D eigenvalue weighted by atomic mass is 9.98. The first-order valence-electron chi connectivity index (χ1n) is 10.2. The normalized spacial score (nSPS) is 11.9. The Morgan fingerprint density at radius 3 is 2.56 bits per heavy atom. The van der Waals surface area contributed by atoms with Crippen molar-refractivity contribution in [3.63, 3.8) is 0 Å². The van der Waals surface area contributed by atoms with Gasteiger partial charge in [-0.3, -0.25) is 4.79 Å². The van der Waals surface area contributed by atoms with Crippen molar-refractivity contribution in [2.75, 3.05) is 13.2 Å². The number of pyridine rings is 1. The first-order valence-corrected chi connectivity index (χ1v) is 10.2. The predicted octanol–water partition coefficient (Wildman–Crippen LogP) is 4.27. The number of rotatable bonds is 4. The predicted molar refractivity (Wildman–Crippen MR) is 121 cm³/mol. The van der Waals surface area contributed by atoms with Crippen LogP contribution in [0.4, 0.5) is 4.79 Å². The van der Waals surface area contributed by atoms with Gasteiger partial charge in [0, 0.05) is 34.8 Å². The summed E-state index contributed by atoms with van der Waals surface area (Å²) >= 11 is 0. The Labute approximate surface area is 184 Å². The fourth-order valence-corrected chi connectivity index (χ4v) is 4.10. The van der Waals surface area contributed by atoms with Crippen LogP contribution in [0, 0.1) is 11.8 Å². The van der Waals surface area contributed by atoms with Crippen LogP contribution in [-0.4, -0.2) is 35.5 Å². The van der Waals surface area contributed by atoms with E-state index in [9.17, 15) is 9.59 Å². The van der Waals surface area contributed by atoms with Gasteiger partial charge in [0.15, 0.2) is 6.29 Å². The van der Waals surface area contributed by atoms with E-state index in [1.165, 1.54) is 22.3 Å². The van der Waals surface area contributed by atoms with E-state index in [1.807, 2.05) is 24.3 Å². The van der Waals surface area contributed by atoms with Crippen LogP contribution < -0.4 is 5.32 Å². The van der Waals surface area contributed by atoms with Gasteiger partial charge in [-0.15, -0.1) is 0 Å². The van der Waals surface area contributed by atoms with Gasteiger partial charge in [-0.05, 0) is 28.3 Å². The van der Waals surface area contributed by atoms with Crippen molar-refractivity contribution in [1.82, 2.24) is 15.3 Å². The van der Waals surface area contributed by atoms with Crippen LogP contribution in [0.2, 0.25) is 0 Å². The maximum Gasteiger partial charge on any atom is 0.407 e. The van der Waals surface area contributed by atoms with E-state index in [-0.39, 0.29) is 19.1 Å². The fraction of sp³-hybridized carbons (Fsp3) is 0.115. The monoisotopic (exact) mass is 421 g/mol. The molecule has 6 nitrogen and oxygen atoms in total. The molecule has 4 aromatic rings. The molecule has 5 rings (SSSR count). The summed E-state index contributed by atoms with van der Waals surface area (Å²) in [7, 11) is 0. The van der Waals surface area contributed by atoms with Crippen LogP contribution in [0.1, 0.15) is 33.0 Å². The molecule has 0 unspecified atom stereocenters. The summed E-state index contributed by atoms with van der Waals surface area (Å²) in [6.45, 7) is 0.401. The molecule has 0 spiro atoms. The van der Waals surface area contributed by atoms with E-state index >= 15 is 0 Å². The molecule has 0 atom stereocenters. The third kappa shape index (κ3) is 3.61. The number of aldehydes is 1. The van der Waals surface area contributed by atoms with Crippen LogP contribution in [0.25, 0.3) is 22.2 Å². The van der Waals surface area contributed by atoms with Crippen LogP contribution >= 0.6 is 0 Å². The standard InChI is InChI=1S/C26H19N3O3/c30-15-18-14-29-25-23(18)12-17(13-28-25)6-5-11-27-26(31)32-16-24-21-9-3-1-7-19(21)20-8-2-4-10-22(20)24/h1-4,7-10,12-15,24H,11,16H2,(H,27,31)(H,28,29). The molecule has 2 aromatic carbocycles. The lowest BCUT2D eigenvalue weighted by Gasteiger charge is -2.14. The molecule has 0 saturated carbocycles. The second-order valence-electron chi connectivity index (χ2n) is 7.46. The number of fused-ring (bicyclic) bond motifs is 4. The molecular formula is C26H19N3O3. The summed E-state index contributed by atoms with van der Waals surface area (Å²) in [5, 5.41) is 3.38. The Kier molecular flexibility index (Phi) is 5.14. The highest BCUT2D eigenvalue weighted by atomic mass is 16.5. The van der Waals surface area contributed by atoms with Gasteiger partial charge >= 0.3 is 6.09 Å². The van der Waals surface area contributed by atoms with Crippen molar-refractivity contribution in [2.45, 2.75) is 5.92 Å². The minimum absolute atomic E-state index is 0.0189. The maximum atomic E-state index is 12.2. The van der Waals surface area contributed by atoms with Gasteiger partial charge in [0.1, 0.15) is 12.3 Å². The largest absolute Gasteiger partial charge is 0.449 e. The quantitative estimate of drug-likeness (QED) is 0.381. The van der Waals surface area contributed by atoms with Gasteiger partial charge in [0.05, 0.1) is 6.54 Å². The van der Waals surface area contributed by atoms with Gasteiger partial charge in [0.25, 0.3) is 0 Å². The smallest absolute Gasteiger partial charge is 0.407 e. The third-order valence-electron chi connectivity index (χ3n) is 5.59. The van der Waals surface area contributed by atoms with Gasteiger partial charge in [-0.25, -0.2) is 9.78 Å². The number of H-pyrrole nitrogens is 1. The zero-order chi connectivity index (χ0) is 21.9. The van der Waals surface area contributed by atoms with Crippen molar-refractivity contribution >= 4 is 23.4 Å². The van der Waals surface area contributed by atoms with E-state index in [0.29, 0.717) is 16.8 Å². The fourth-order valence-electron chi connectivity index (χ4n) is 4.10. The molecule has 156 valence electrons. The first-order chi connectivity index (χ1) is 15.7. The molecule has 32 heavy (non-hydrogen) atoms. The Morgan fingerprint density at radius 1 is 1.12 bits per heavy atom. The number of hydrogen-bond acceptors (Lipinski definition) is 4. The molecule has 6 heteroatoms. The Hall–Kier alpha value is -4.37. The Balaban J connectivity index is 1.20. The average molecular weight is 421 g/mol. The highest BCUT2D eigenvalue weighted by Crippen LogP contribution is 2.44. The number of aromatic amines is 1. The molecule has 0 saturated heterocycles. The van der Waals surface area contributed by atoms with Crippen molar-refractivity contribution in [3.05, 3.63) is 89.2 Å². The second kappa shape index (κ2) is 8.40. The minimum atomic E-state index is -0.511. The van der Waals surface area contributed by atoms with Gasteiger partial charge < -0.3 is 15.0 Å². The lowest BCUT2D eigenvalue weighted by molar-refractivity contribution is 0.112. The number of alkyl carbamates (subject to hydrolysis) is 1. The zero-order valence-electron chi connectivity index (χ0n) is 17.1. The number of aromatic nitrogens is 2. The number of ether oxygens (including phenoxy) is 1. The van der Waals surface area contributed by atoms with Crippen LogP contribution in [0.3, 0.4) is 0 Å². The molecule has 2 aromatic heterocycles. The van der Waals surface area contributed by atoms with Gasteiger partial charge in [0.2, 0.25) is 0 Å². The number of carbonyl (C=O) groups is 2. The molecule has 0 aliphatic heterocycles. The second-order valence-corrected chi connectivity index (χ2v) is 7.46. The number of benzene rings is 2. The van der Waals surface area contributed by atoms with E-state index in [4.69, 9.17) is 4.74 Å². The number of carbonyl (C=O) groups excluding carboxylic acids is 2. The summed E-state index contributed by atoms with van der Waals surface area (Å²) < 4.78 is 5.50. The maximum absolute atomic E-state index is 12.2. The summed E-state index contributed by atoms with van der Waals surface area (Å²) in [4.78, 5) is 30.5. The van der Waals surface area contributed by atoms with Gasteiger partial charge in [-0.1, -0.05) is 60.4 Å². The summed E-state index contributed by atoms with van der Waals surface area (Å²) in [6.07, 6.45) is 3.49. The highest BCUT2D eigenvalue weighted by Gasteiger charge is 2.28. The topological polar surface area (TPSA) is 84.1 Å². The molecule has 2 heterocycles. The number of amides is 1. The third-order valence-corrected chi connectivity index (χ3v) is 5.59. The molecule has 0 radical (unpaired) electrons. The SMILES string of the molecule is O=Cc1c[nH]c2ncc(C#CCNC(=O)OCC3c4ccccc4-c4ccccc43)cc12. The van der Waals surface area contributed by atoms with E-state index in [0.717, 1.165) is 11.7 Å². The van der Waals surface area contributed by atoms with Crippen molar-refractivity contribution < 1.29 is 14.3 Å². The highest BCUT2D eigenvalue weighted by molar-refractivity contribution is 5.96. The number of nitrogens with one attached hydrogen (secondary N) is 2. The Morgan fingerprint density at radius 2 is 1.84 bits per heavy atom. The molecular weight excluding hydrogens is 402 g/mol. The van der Waals surface area contributed by atoms with Crippen molar-refractivity contribution in [1.29, 1.82) is 0 Å². The van der Waals surface area contributed by atoms with E-state index < -0.39 is 6.09 Å². The zero-order valence-corrected chi connectivity index (χ0v) is 17.1. The number of nitrogens with zero attached hydrogens (tertiary/aromatic N) is 1. The average Bonchev–Trinajstić information content (AvgIpc) is 3.39. The Bertz CT molecular complexity index is 1350. The van der Waals surface area contributed by atoms with Crippen LogP contribution in [0.5, 0.6) is 0 Å². The molecule has 1 aliphatic rings. The van der Waals surface area contributed by atoms with Crippen LogP contribution in [-0.2, 0) is 4.74 Å². The van der Waals surface area contributed by atoms with E-state index in [1.54, 1.807) is 18.5 Å². The lowest BCUT2D eigenvalue weighted by Crippen LogP contribution is -2.26. The minimum Gasteiger partial charge on any atom is -0.449 e. The molecule has 0 fully saturated rings. The van der Waals surface area contributed by atoms with Crippen LogP contribution in [0.15, 0.2) is 67.0 Å². The summed E-state index contributed by atoms with van der Waals surface area (Å²) in [5.74, 6) is 5.85. The van der Waals surface area contributed by atoms with Gasteiger partial charge in [-0.2, -0.15) is 0 Å². The first kappa shape index (κ1) is 19.6. The molecule has 1 amide bonds. The molecule has 1 aliphatic carbocycles. The number of hydrogen-bond donors (Lipinski definition) is 2.